The molecular formula is C8H13NOS. The number of methoxy groups -OCH3 is 1. The van der Waals surface area contributed by atoms with E-state index in [0.717, 1.165) is 17.1 Å². The molecule has 1 heterocycles. The predicted molar refractivity (Wildman–Crippen MR) is 46.9 cm³/mol. The van der Waals surface area contributed by atoms with Crippen LogP contribution >= 0.6 is 11.3 Å². The van der Waals surface area contributed by atoms with Crippen molar-refractivity contribution in [1.82, 2.24) is 4.98 Å². The Morgan fingerprint density at radius 2 is 2.45 bits per heavy atom. The molecule has 0 N–H and O–H groups in total. The van der Waals surface area contributed by atoms with Gasteiger partial charge < -0.3 is 4.74 Å². The maximum absolute atomic E-state index is 5.14. The van der Waals surface area contributed by atoms with Crippen LogP contribution in [0.4, 0.5) is 0 Å². The quantitative estimate of drug-likeness (QED) is 0.696. The summed E-state index contributed by atoms with van der Waals surface area (Å²) in [4.78, 5) is 4.39. The highest BCUT2D eigenvalue weighted by Gasteiger charge is 2.07. The number of aryl methyl sites for hydroxylation is 1. The second kappa shape index (κ2) is 3.83. The first-order valence-corrected chi connectivity index (χ1v) is 4.63. The molecule has 0 saturated heterocycles. The first-order chi connectivity index (χ1) is 5.27. The molecule has 0 bridgehead atoms. The lowest BCUT2D eigenvalue weighted by molar-refractivity contribution is 0.119. The molecule has 0 saturated carbocycles. The van der Waals surface area contributed by atoms with Gasteiger partial charge in [0.2, 0.25) is 0 Å². The smallest absolute Gasteiger partial charge is 0.121 e. The summed E-state index contributed by atoms with van der Waals surface area (Å²) in [5, 5.41) is 3.16. The van der Waals surface area contributed by atoms with E-state index in [1.54, 1.807) is 18.4 Å². The van der Waals surface area contributed by atoms with Crippen LogP contribution < -0.4 is 0 Å². The van der Waals surface area contributed by atoms with Gasteiger partial charge in [0.1, 0.15) is 11.1 Å². The van der Waals surface area contributed by atoms with Crippen molar-refractivity contribution in [3.63, 3.8) is 0 Å². The molecule has 0 aromatic carbocycles. The van der Waals surface area contributed by atoms with Gasteiger partial charge in [-0.05, 0) is 13.3 Å². The molecule has 2 nitrogen and oxygen atoms in total. The minimum atomic E-state index is 0.139. The van der Waals surface area contributed by atoms with E-state index in [1.807, 2.05) is 6.92 Å². The summed E-state index contributed by atoms with van der Waals surface area (Å²) in [7, 11) is 1.71. The van der Waals surface area contributed by atoms with Crippen LogP contribution in [0.3, 0.4) is 0 Å². The van der Waals surface area contributed by atoms with Gasteiger partial charge in [-0.25, -0.2) is 4.98 Å². The Bertz CT molecular complexity index is 222. The molecule has 0 radical (unpaired) electrons. The van der Waals surface area contributed by atoms with Crippen LogP contribution in [0.15, 0.2) is 5.38 Å². The van der Waals surface area contributed by atoms with Crippen molar-refractivity contribution in [2.45, 2.75) is 26.4 Å². The minimum absolute atomic E-state index is 0.139. The number of aromatic nitrogens is 1. The van der Waals surface area contributed by atoms with Crippen molar-refractivity contribution in [3.05, 3.63) is 16.1 Å². The monoisotopic (exact) mass is 171 g/mol. The summed E-state index contributed by atoms with van der Waals surface area (Å²) >= 11 is 1.67. The standard InChI is InChI=1S/C8H13NOS/c1-4-7-5-11-8(9-7)6(2)10-3/h5-6H,4H2,1-3H3. The molecule has 0 aliphatic heterocycles. The van der Waals surface area contributed by atoms with Crippen LogP contribution in [-0.4, -0.2) is 12.1 Å². The van der Waals surface area contributed by atoms with Gasteiger partial charge in [-0.15, -0.1) is 11.3 Å². The van der Waals surface area contributed by atoms with Crippen LogP contribution in [0.1, 0.15) is 30.7 Å². The Balaban J connectivity index is 2.71. The average molecular weight is 171 g/mol. The number of ether oxygens (including phenoxy) is 1. The van der Waals surface area contributed by atoms with Crippen molar-refractivity contribution >= 4 is 11.3 Å². The van der Waals surface area contributed by atoms with Gasteiger partial charge in [0.05, 0.1) is 5.69 Å². The number of hydrogen-bond acceptors (Lipinski definition) is 3. The lowest BCUT2D eigenvalue weighted by Gasteiger charge is -2.03. The third kappa shape index (κ3) is 2.01. The van der Waals surface area contributed by atoms with E-state index in [-0.39, 0.29) is 6.10 Å². The Morgan fingerprint density at radius 1 is 1.73 bits per heavy atom. The molecule has 1 rings (SSSR count). The van der Waals surface area contributed by atoms with E-state index < -0.39 is 0 Å². The molecule has 1 aromatic heterocycles. The zero-order chi connectivity index (χ0) is 8.27. The van der Waals surface area contributed by atoms with Crippen molar-refractivity contribution in [2.24, 2.45) is 0 Å². The van der Waals surface area contributed by atoms with Gasteiger partial charge in [-0.2, -0.15) is 0 Å². The summed E-state index contributed by atoms with van der Waals surface area (Å²) in [6.45, 7) is 4.12. The topological polar surface area (TPSA) is 22.1 Å². The molecule has 11 heavy (non-hydrogen) atoms. The number of nitrogens with zero attached hydrogens (tertiary/aromatic N) is 1. The van der Waals surface area contributed by atoms with E-state index in [2.05, 4.69) is 17.3 Å². The second-order valence-corrected chi connectivity index (χ2v) is 3.30. The van der Waals surface area contributed by atoms with Gasteiger partial charge in [0.15, 0.2) is 0 Å². The number of rotatable bonds is 3. The van der Waals surface area contributed by atoms with Crippen LogP contribution in [0.25, 0.3) is 0 Å². The number of thiazole rings is 1. The van der Waals surface area contributed by atoms with E-state index in [1.165, 1.54) is 0 Å². The van der Waals surface area contributed by atoms with E-state index in [0.29, 0.717) is 0 Å². The van der Waals surface area contributed by atoms with Gasteiger partial charge in [0.25, 0.3) is 0 Å². The summed E-state index contributed by atoms with van der Waals surface area (Å²) < 4.78 is 5.14. The molecular weight excluding hydrogens is 158 g/mol. The van der Waals surface area contributed by atoms with Crippen LogP contribution in [0, 0.1) is 0 Å². The largest absolute Gasteiger partial charge is 0.375 e. The minimum Gasteiger partial charge on any atom is -0.375 e. The van der Waals surface area contributed by atoms with Crippen molar-refractivity contribution < 1.29 is 4.74 Å². The predicted octanol–water partition coefficient (Wildman–Crippen LogP) is 2.41. The molecule has 0 amide bonds. The fourth-order valence-electron chi connectivity index (χ4n) is 0.773. The summed E-state index contributed by atoms with van der Waals surface area (Å²) in [6.07, 6.45) is 1.15. The van der Waals surface area contributed by atoms with Gasteiger partial charge in [0, 0.05) is 12.5 Å². The maximum atomic E-state index is 5.14. The molecule has 62 valence electrons. The molecule has 3 heteroatoms. The lowest BCUT2D eigenvalue weighted by atomic mass is 10.4. The van der Waals surface area contributed by atoms with Crippen molar-refractivity contribution in [1.29, 1.82) is 0 Å². The number of hydrogen-bond donors (Lipinski definition) is 0. The van der Waals surface area contributed by atoms with Crippen molar-refractivity contribution in [2.75, 3.05) is 7.11 Å². The third-order valence-electron chi connectivity index (χ3n) is 1.63. The molecule has 1 aromatic rings. The second-order valence-electron chi connectivity index (χ2n) is 2.41. The highest BCUT2D eigenvalue weighted by molar-refractivity contribution is 7.09. The normalized spacial score (nSPS) is 13.4. The summed E-state index contributed by atoms with van der Waals surface area (Å²) in [5.41, 5.74) is 1.16. The van der Waals surface area contributed by atoms with Gasteiger partial charge in [-0.1, -0.05) is 6.92 Å². The fourth-order valence-corrected chi connectivity index (χ4v) is 1.71. The van der Waals surface area contributed by atoms with Gasteiger partial charge >= 0.3 is 0 Å². The molecule has 0 aliphatic carbocycles. The molecule has 0 fully saturated rings. The average Bonchev–Trinajstić information content (AvgIpc) is 2.50. The Labute approximate surface area is 71.2 Å². The zero-order valence-electron chi connectivity index (χ0n) is 7.13. The Hall–Kier alpha value is -0.410. The first-order valence-electron chi connectivity index (χ1n) is 3.75. The lowest BCUT2D eigenvalue weighted by Crippen LogP contribution is -1.94. The van der Waals surface area contributed by atoms with E-state index in [9.17, 15) is 0 Å². The van der Waals surface area contributed by atoms with Crippen molar-refractivity contribution in [3.8, 4) is 0 Å². The van der Waals surface area contributed by atoms with E-state index in [4.69, 9.17) is 4.74 Å². The summed E-state index contributed by atoms with van der Waals surface area (Å²) in [6, 6.07) is 0. The Kier molecular flexibility index (Phi) is 3.02. The first kappa shape index (κ1) is 8.68. The van der Waals surface area contributed by atoms with Crippen LogP contribution in [0.2, 0.25) is 0 Å². The zero-order valence-corrected chi connectivity index (χ0v) is 7.94. The molecule has 0 aliphatic rings. The Morgan fingerprint density at radius 3 is 2.91 bits per heavy atom. The fraction of sp³-hybridized carbons (Fsp3) is 0.625. The molecule has 0 spiro atoms. The third-order valence-corrected chi connectivity index (χ3v) is 2.69. The molecule has 1 atom stereocenters. The summed E-state index contributed by atoms with van der Waals surface area (Å²) in [5.74, 6) is 0. The van der Waals surface area contributed by atoms with Gasteiger partial charge in [-0.3, -0.25) is 0 Å². The van der Waals surface area contributed by atoms with Crippen LogP contribution in [0.5, 0.6) is 0 Å². The SMILES string of the molecule is CCc1csc(C(C)OC)n1. The maximum Gasteiger partial charge on any atom is 0.121 e. The van der Waals surface area contributed by atoms with Crippen LogP contribution in [-0.2, 0) is 11.2 Å². The van der Waals surface area contributed by atoms with E-state index >= 15 is 0 Å². The highest BCUT2D eigenvalue weighted by Crippen LogP contribution is 2.20. The molecule has 1 unspecified atom stereocenters. The highest BCUT2D eigenvalue weighted by atomic mass is 32.1.